The lowest BCUT2D eigenvalue weighted by atomic mass is 10.0. The summed E-state index contributed by atoms with van der Waals surface area (Å²) in [6.07, 6.45) is 2.77. The number of hydrogen-bond donors (Lipinski definition) is 0. The molecule has 0 fully saturated rings. The van der Waals surface area contributed by atoms with Crippen LogP contribution in [0.25, 0.3) is 28.0 Å². The van der Waals surface area contributed by atoms with E-state index in [0.29, 0.717) is 33.7 Å². The molecule has 0 saturated carbocycles. The number of nitrogens with zero attached hydrogens (tertiary/aromatic N) is 5. The minimum Gasteiger partial charge on any atom is -0.354 e. The Bertz CT molecular complexity index is 1320. The lowest BCUT2D eigenvalue weighted by Gasteiger charge is -2.16. The van der Waals surface area contributed by atoms with Crippen LogP contribution >= 0.6 is 0 Å². The van der Waals surface area contributed by atoms with Crippen molar-refractivity contribution in [3.8, 4) is 11.5 Å². The molecule has 0 aliphatic heterocycles. The van der Waals surface area contributed by atoms with E-state index >= 15 is 8.78 Å². The van der Waals surface area contributed by atoms with Crippen LogP contribution in [-0.2, 0) is 5.92 Å². The molecule has 28 heavy (non-hydrogen) atoms. The van der Waals surface area contributed by atoms with Gasteiger partial charge in [0.05, 0.1) is 17.4 Å². The smallest absolute Gasteiger partial charge is 0.316 e. The summed E-state index contributed by atoms with van der Waals surface area (Å²) in [7, 11) is 0. The topological polar surface area (TPSA) is 69.1 Å². The molecule has 5 aromatic rings. The summed E-state index contributed by atoms with van der Waals surface area (Å²) in [5.74, 6) is -2.90. The van der Waals surface area contributed by atoms with Crippen molar-refractivity contribution in [1.82, 2.24) is 24.7 Å². The number of hydrogen-bond acceptors (Lipinski definition) is 5. The molecule has 0 spiro atoms. The van der Waals surface area contributed by atoms with Gasteiger partial charge in [-0.2, -0.15) is 13.9 Å². The second-order valence-corrected chi connectivity index (χ2v) is 6.45. The van der Waals surface area contributed by atoms with Gasteiger partial charge in [0.15, 0.2) is 11.4 Å². The maximum Gasteiger partial charge on any atom is 0.316 e. The number of aryl methyl sites for hydroxylation is 1. The van der Waals surface area contributed by atoms with Gasteiger partial charge in [-0.15, -0.1) is 0 Å². The molecule has 5 rings (SSSR count). The number of benzene rings is 1. The summed E-state index contributed by atoms with van der Waals surface area (Å²) in [6, 6.07) is 12.8. The standard InChI is InChI=1S/C20H13F2N5O/c1-12-9-17(28-26-12)16-6-7-19-24-11-18(27(19)25-16)20(21,22)14-4-5-15-13(10-14)3-2-8-23-15/h2-11H,1H3. The van der Waals surface area contributed by atoms with Crippen molar-refractivity contribution >= 4 is 16.6 Å². The van der Waals surface area contributed by atoms with Gasteiger partial charge in [0, 0.05) is 23.2 Å². The molecule has 0 saturated heterocycles. The van der Waals surface area contributed by atoms with Gasteiger partial charge in [-0.25, -0.2) is 9.50 Å². The molecule has 8 heteroatoms. The molecule has 4 aromatic heterocycles. The highest BCUT2D eigenvalue weighted by molar-refractivity contribution is 5.79. The van der Waals surface area contributed by atoms with E-state index in [4.69, 9.17) is 4.52 Å². The summed E-state index contributed by atoms with van der Waals surface area (Å²) in [4.78, 5) is 8.25. The van der Waals surface area contributed by atoms with Crippen LogP contribution in [0.15, 0.2) is 65.4 Å². The van der Waals surface area contributed by atoms with E-state index in [0.717, 1.165) is 10.7 Å². The predicted molar refractivity (Wildman–Crippen MR) is 98.0 cm³/mol. The molecule has 138 valence electrons. The molecule has 0 aliphatic rings. The van der Waals surface area contributed by atoms with Gasteiger partial charge >= 0.3 is 5.92 Å². The second kappa shape index (κ2) is 5.91. The highest BCUT2D eigenvalue weighted by Crippen LogP contribution is 2.37. The lowest BCUT2D eigenvalue weighted by Crippen LogP contribution is -2.19. The zero-order valence-corrected chi connectivity index (χ0v) is 14.7. The van der Waals surface area contributed by atoms with Crippen molar-refractivity contribution in [2.45, 2.75) is 12.8 Å². The molecule has 0 atom stereocenters. The van der Waals surface area contributed by atoms with Gasteiger partial charge in [0.2, 0.25) is 0 Å². The van der Waals surface area contributed by atoms with E-state index in [1.54, 1.807) is 49.5 Å². The van der Waals surface area contributed by atoms with Crippen molar-refractivity contribution < 1.29 is 13.3 Å². The SMILES string of the molecule is Cc1cc(-c2ccc3ncc(C(F)(F)c4ccc5ncccc5c4)n3n2)on1. The number of halogens is 2. The first-order valence-corrected chi connectivity index (χ1v) is 8.54. The average Bonchev–Trinajstić information content (AvgIpc) is 3.33. The van der Waals surface area contributed by atoms with E-state index in [2.05, 4.69) is 20.2 Å². The van der Waals surface area contributed by atoms with Gasteiger partial charge in [0.1, 0.15) is 11.4 Å². The van der Waals surface area contributed by atoms with Crippen molar-refractivity contribution in [2.24, 2.45) is 0 Å². The van der Waals surface area contributed by atoms with E-state index in [1.165, 1.54) is 12.1 Å². The molecule has 1 aromatic carbocycles. The first kappa shape index (κ1) is 16.5. The fourth-order valence-corrected chi connectivity index (χ4v) is 3.12. The molecule has 4 heterocycles. The number of rotatable bonds is 3. The van der Waals surface area contributed by atoms with Crippen LogP contribution in [0.1, 0.15) is 17.0 Å². The zero-order chi connectivity index (χ0) is 19.3. The van der Waals surface area contributed by atoms with Crippen molar-refractivity contribution in [3.05, 3.63) is 77.9 Å². The molecule has 0 bridgehead atoms. The number of pyridine rings is 1. The first-order chi connectivity index (χ1) is 13.5. The predicted octanol–water partition coefficient (Wildman–Crippen LogP) is 4.38. The molecule has 0 radical (unpaired) electrons. The van der Waals surface area contributed by atoms with Gasteiger partial charge in [-0.1, -0.05) is 17.3 Å². The Balaban J connectivity index is 1.65. The Labute approximate surface area is 157 Å². The van der Waals surface area contributed by atoms with Gasteiger partial charge in [-0.3, -0.25) is 4.98 Å². The molecular weight excluding hydrogens is 364 g/mol. The molecule has 0 aliphatic carbocycles. The molecule has 0 N–H and O–H groups in total. The monoisotopic (exact) mass is 377 g/mol. The normalized spacial score (nSPS) is 12.1. The first-order valence-electron chi connectivity index (χ1n) is 8.54. The van der Waals surface area contributed by atoms with E-state index in [1.807, 2.05) is 0 Å². The van der Waals surface area contributed by atoms with Gasteiger partial charge in [0.25, 0.3) is 0 Å². The van der Waals surface area contributed by atoms with Crippen LogP contribution in [0.4, 0.5) is 8.78 Å². The van der Waals surface area contributed by atoms with Crippen LogP contribution in [-0.4, -0.2) is 24.7 Å². The Hall–Kier alpha value is -3.68. The minimum atomic E-state index is -3.30. The number of aromatic nitrogens is 5. The quantitative estimate of drug-likeness (QED) is 0.467. The third kappa shape index (κ3) is 2.53. The molecule has 0 unspecified atom stereocenters. The van der Waals surface area contributed by atoms with Crippen LogP contribution in [0.3, 0.4) is 0 Å². The Morgan fingerprint density at radius 2 is 1.93 bits per heavy atom. The van der Waals surface area contributed by atoms with E-state index < -0.39 is 5.92 Å². The van der Waals surface area contributed by atoms with Crippen molar-refractivity contribution in [2.75, 3.05) is 0 Å². The zero-order valence-electron chi connectivity index (χ0n) is 14.7. The average molecular weight is 377 g/mol. The summed E-state index contributed by atoms with van der Waals surface area (Å²) >= 11 is 0. The second-order valence-electron chi connectivity index (χ2n) is 6.45. The summed E-state index contributed by atoms with van der Waals surface area (Å²) < 4.78 is 37.1. The minimum absolute atomic E-state index is 0.155. The van der Waals surface area contributed by atoms with Crippen LogP contribution in [0.2, 0.25) is 0 Å². The number of fused-ring (bicyclic) bond motifs is 2. The van der Waals surface area contributed by atoms with Crippen molar-refractivity contribution in [1.29, 1.82) is 0 Å². The Kier molecular flexibility index (Phi) is 3.48. The van der Waals surface area contributed by atoms with E-state index in [-0.39, 0.29) is 11.3 Å². The fraction of sp³-hybridized carbons (Fsp3) is 0.100. The third-order valence-corrected chi connectivity index (χ3v) is 4.53. The summed E-state index contributed by atoms with van der Waals surface area (Å²) in [6.45, 7) is 1.77. The highest BCUT2D eigenvalue weighted by Gasteiger charge is 2.38. The highest BCUT2D eigenvalue weighted by atomic mass is 19.3. The van der Waals surface area contributed by atoms with Gasteiger partial charge < -0.3 is 4.52 Å². The molecule has 6 nitrogen and oxygen atoms in total. The van der Waals surface area contributed by atoms with Crippen LogP contribution < -0.4 is 0 Å². The number of alkyl halides is 2. The van der Waals surface area contributed by atoms with Gasteiger partial charge in [-0.05, 0) is 37.3 Å². The Morgan fingerprint density at radius 1 is 1.04 bits per heavy atom. The number of imidazole rings is 1. The molecular formula is C20H13F2N5O. The fourth-order valence-electron chi connectivity index (χ4n) is 3.12. The van der Waals surface area contributed by atoms with Crippen LogP contribution in [0, 0.1) is 6.92 Å². The lowest BCUT2D eigenvalue weighted by molar-refractivity contribution is 0.0362. The maximum atomic E-state index is 15.4. The summed E-state index contributed by atoms with van der Waals surface area (Å²) in [5.41, 5.74) is 1.56. The Morgan fingerprint density at radius 3 is 2.75 bits per heavy atom. The van der Waals surface area contributed by atoms with E-state index in [9.17, 15) is 0 Å². The third-order valence-electron chi connectivity index (χ3n) is 4.53. The molecule has 0 amide bonds. The van der Waals surface area contributed by atoms with Crippen molar-refractivity contribution in [3.63, 3.8) is 0 Å². The summed E-state index contributed by atoms with van der Waals surface area (Å²) in [5, 5.41) is 8.75. The largest absolute Gasteiger partial charge is 0.354 e. The maximum absolute atomic E-state index is 15.4. The van der Waals surface area contributed by atoms with Crippen LogP contribution in [0.5, 0.6) is 0 Å².